The predicted octanol–water partition coefficient (Wildman–Crippen LogP) is 3.66. The number of aliphatic imine (C=N–C) groups is 1. The van der Waals surface area contributed by atoms with Gasteiger partial charge in [-0.1, -0.05) is 38.1 Å². The summed E-state index contributed by atoms with van der Waals surface area (Å²) in [5, 5.41) is 6.78. The van der Waals surface area contributed by atoms with Crippen LogP contribution in [-0.2, 0) is 14.9 Å². The van der Waals surface area contributed by atoms with Crippen LogP contribution in [0, 0.1) is 12.8 Å². The summed E-state index contributed by atoms with van der Waals surface area (Å²) in [5.74, 6) is 1.55. The summed E-state index contributed by atoms with van der Waals surface area (Å²) in [6, 6.07) is 8.58. The van der Waals surface area contributed by atoms with Crippen molar-refractivity contribution in [3.05, 3.63) is 35.4 Å². The van der Waals surface area contributed by atoms with Crippen LogP contribution in [-0.4, -0.2) is 52.0 Å². The Morgan fingerprint density at radius 2 is 1.96 bits per heavy atom. The number of ether oxygens (including phenoxy) is 2. The van der Waals surface area contributed by atoms with Gasteiger partial charge in [-0.05, 0) is 50.2 Å². The summed E-state index contributed by atoms with van der Waals surface area (Å²) in [7, 11) is 0. The van der Waals surface area contributed by atoms with Gasteiger partial charge < -0.3 is 20.1 Å². The van der Waals surface area contributed by atoms with Crippen LogP contribution >= 0.6 is 0 Å². The molecule has 1 aliphatic heterocycles. The number of hydrogen-bond donors (Lipinski definition) is 2. The highest BCUT2D eigenvalue weighted by atomic mass is 16.5. The first-order chi connectivity index (χ1) is 13.5. The molecule has 1 aliphatic rings. The average molecular weight is 390 g/mol. The maximum Gasteiger partial charge on any atom is 0.191 e. The Morgan fingerprint density at radius 1 is 1.21 bits per heavy atom. The third kappa shape index (κ3) is 7.80. The molecule has 0 saturated carbocycles. The molecule has 0 spiro atoms. The molecule has 1 heterocycles. The van der Waals surface area contributed by atoms with Crippen molar-refractivity contribution in [1.29, 1.82) is 0 Å². The molecule has 0 aliphatic carbocycles. The van der Waals surface area contributed by atoms with E-state index in [1.807, 2.05) is 0 Å². The maximum absolute atomic E-state index is 5.84. The van der Waals surface area contributed by atoms with E-state index in [9.17, 15) is 0 Å². The fourth-order valence-electron chi connectivity index (χ4n) is 3.58. The van der Waals surface area contributed by atoms with Crippen LogP contribution in [0.15, 0.2) is 29.3 Å². The highest BCUT2D eigenvalue weighted by Gasteiger charge is 2.22. The lowest BCUT2D eigenvalue weighted by Crippen LogP contribution is -2.39. The molecule has 1 aromatic carbocycles. The van der Waals surface area contributed by atoms with Crippen LogP contribution in [0.5, 0.6) is 0 Å². The lowest BCUT2D eigenvalue weighted by molar-refractivity contribution is 0.0203. The Labute approximate surface area is 171 Å². The highest BCUT2D eigenvalue weighted by molar-refractivity contribution is 5.79. The molecule has 1 fully saturated rings. The Morgan fingerprint density at radius 3 is 2.68 bits per heavy atom. The summed E-state index contributed by atoms with van der Waals surface area (Å²) >= 11 is 0. The number of guanidine groups is 1. The van der Waals surface area contributed by atoms with Crippen molar-refractivity contribution in [2.75, 3.05) is 46.1 Å². The van der Waals surface area contributed by atoms with E-state index in [0.29, 0.717) is 5.92 Å². The molecule has 2 rings (SSSR count). The normalized spacial score (nSPS) is 16.2. The van der Waals surface area contributed by atoms with Gasteiger partial charge in [-0.2, -0.15) is 0 Å². The van der Waals surface area contributed by atoms with Crippen molar-refractivity contribution in [1.82, 2.24) is 10.6 Å². The van der Waals surface area contributed by atoms with Crippen molar-refractivity contribution in [3.63, 3.8) is 0 Å². The Balaban J connectivity index is 1.73. The summed E-state index contributed by atoms with van der Waals surface area (Å²) in [4.78, 5) is 4.83. The third-order valence-corrected chi connectivity index (χ3v) is 5.30. The van der Waals surface area contributed by atoms with Crippen molar-refractivity contribution in [2.24, 2.45) is 10.9 Å². The van der Waals surface area contributed by atoms with Gasteiger partial charge in [-0.3, -0.25) is 4.99 Å². The average Bonchev–Trinajstić information content (AvgIpc) is 2.69. The number of aryl methyl sites for hydroxylation is 1. The van der Waals surface area contributed by atoms with Gasteiger partial charge >= 0.3 is 0 Å². The SMILES string of the molecule is CCNC(=NCC(C)(C)c1ccccc1C)NCCCOCC1CCOCC1. The molecule has 0 radical (unpaired) electrons. The van der Waals surface area contributed by atoms with E-state index in [-0.39, 0.29) is 5.41 Å². The van der Waals surface area contributed by atoms with E-state index < -0.39 is 0 Å². The standard InChI is InChI=1S/C23H39N3O2/c1-5-24-22(25-13-8-14-28-17-20-11-15-27-16-12-20)26-18-23(3,4)21-10-7-6-9-19(21)2/h6-7,9-10,20H,5,8,11-18H2,1-4H3,(H2,24,25,26). The molecule has 158 valence electrons. The lowest BCUT2D eigenvalue weighted by atomic mass is 9.82. The zero-order valence-electron chi connectivity index (χ0n) is 18.2. The molecule has 5 nitrogen and oxygen atoms in total. The molecular weight excluding hydrogens is 350 g/mol. The minimum atomic E-state index is 0.000512. The van der Waals surface area contributed by atoms with Crippen molar-refractivity contribution in [3.8, 4) is 0 Å². The van der Waals surface area contributed by atoms with Crippen LogP contribution in [0.3, 0.4) is 0 Å². The van der Waals surface area contributed by atoms with Gasteiger partial charge in [-0.15, -0.1) is 0 Å². The van der Waals surface area contributed by atoms with Crippen LogP contribution in [0.2, 0.25) is 0 Å². The number of hydrogen-bond acceptors (Lipinski definition) is 3. The first-order valence-corrected chi connectivity index (χ1v) is 10.8. The fraction of sp³-hybridized carbons (Fsp3) is 0.696. The molecule has 0 aromatic heterocycles. The zero-order chi connectivity index (χ0) is 20.2. The molecule has 28 heavy (non-hydrogen) atoms. The van der Waals surface area contributed by atoms with Gasteiger partial charge in [0, 0.05) is 44.9 Å². The van der Waals surface area contributed by atoms with Gasteiger partial charge in [-0.25, -0.2) is 0 Å². The quantitative estimate of drug-likeness (QED) is 0.364. The molecule has 5 heteroatoms. The summed E-state index contributed by atoms with van der Waals surface area (Å²) in [5.41, 5.74) is 2.68. The summed E-state index contributed by atoms with van der Waals surface area (Å²) in [6.07, 6.45) is 3.24. The largest absolute Gasteiger partial charge is 0.381 e. The topological polar surface area (TPSA) is 54.9 Å². The lowest BCUT2D eigenvalue weighted by Gasteiger charge is -2.26. The number of nitrogens with one attached hydrogen (secondary N) is 2. The molecule has 0 bridgehead atoms. The minimum absolute atomic E-state index is 0.000512. The van der Waals surface area contributed by atoms with Crippen molar-refractivity contribution >= 4 is 5.96 Å². The monoisotopic (exact) mass is 389 g/mol. The Bertz CT molecular complexity index is 595. The predicted molar refractivity (Wildman–Crippen MR) is 117 cm³/mol. The number of rotatable bonds is 10. The van der Waals surface area contributed by atoms with Gasteiger partial charge in [0.15, 0.2) is 5.96 Å². The summed E-state index contributed by atoms with van der Waals surface area (Å²) < 4.78 is 11.2. The van der Waals surface area contributed by atoms with E-state index in [1.54, 1.807) is 0 Å². The molecule has 2 N–H and O–H groups in total. The van der Waals surface area contributed by atoms with E-state index in [1.165, 1.54) is 11.1 Å². The summed E-state index contributed by atoms with van der Waals surface area (Å²) in [6.45, 7) is 14.7. The van der Waals surface area contributed by atoms with E-state index >= 15 is 0 Å². The fourth-order valence-corrected chi connectivity index (χ4v) is 3.58. The molecule has 1 saturated heterocycles. The van der Waals surface area contributed by atoms with Gasteiger partial charge in [0.05, 0.1) is 6.54 Å². The Hall–Kier alpha value is -1.59. The van der Waals surface area contributed by atoms with Gasteiger partial charge in [0.2, 0.25) is 0 Å². The first-order valence-electron chi connectivity index (χ1n) is 10.8. The second-order valence-corrected chi connectivity index (χ2v) is 8.30. The van der Waals surface area contributed by atoms with Crippen LogP contribution in [0.25, 0.3) is 0 Å². The van der Waals surface area contributed by atoms with E-state index in [2.05, 4.69) is 62.6 Å². The third-order valence-electron chi connectivity index (χ3n) is 5.30. The zero-order valence-corrected chi connectivity index (χ0v) is 18.2. The van der Waals surface area contributed by atoms with Crippen LogP contribution in [0.4, 0.5) is 0 Å². The van der Waals surface area contributed by atoms with Crippen molar-refractivity contribution in [2.45, 2.75) is 52.4 Å². The van der Waals surface area contributed by atoms with Gasteiger partial charge in [0.1, 0.15) is 0 Å². The second-order valence-electron chi connectivity index (χ2n) is 8.30. The van der Waals surface area contributed by atoms with Crippen LogP contribution < -0.4 is 10.6 Å². The number of nitrogens with zero attached hydrogens (tertiary/aromatic N) is 1. The second kappa shape index (κ2) is 12.1. The van der Waals surface area contributed by atoms with Gasteiger partial charge in [0.25, 0.3) is 0 Å². The molecule has 0 unspecified atom stereocenters. The van der Waals surface area contributed by atoms with E-state index in [0.717, 1.165) is 71.3 Å². The number of benzene rings is 1. The molecule has 0 amide bonds. The highest BCUT2D eigenvalue weighted by Crippen LogP contribution is 2.26. The molecular formula is C23H39N3O2. The van der Waals surface area contributed by atoms with Crippen molar-refractivity contribution < 1.29 is 9.47 Å². The minimum Gasteiger partial charge on any atom is -0.381 e. The van der Waals surface area contributed by atoms with Crippen LogP contribution in [0.1, 0.15) is 51.2 Å². The Kier molecular flexibility index (Phi) is 9.79. The smallest absolute Gasteiger partial charge is 0.191 e. The van der Waals surface area contributed by atoms with E-state index in [4.69, 9.17) is 14.5 Å². The molecule has 0 atom stereocenters. The molecule has 1 aromatic rings. The maximum atomic E-state index is 5.84. The first kappa shape index (κ1) is 22.7.